The lowest BCUT2D eigenvalue weighted by Gasteiger charge is -2.31. The Bertz CT molecular complexity index is 350. The monoisotopic (exact) mass is 263 g/mol. The fraction of sp³-hybridized carbons (Fsp3) is 0.900. The molecule has 0 saturated carbocycles. The summed E-state index contributed by atoms with van der Waals surface area (Å²) in [5, 5.41) is 2.44. The maximum Gasteiger partial charge on any atom is 0.282 e. The first-order chi connectivity index (χ1) is 8.02. The summed E-state index contributed by atoms with van der Waals surface area (Å²) in [5.41, 5.74) is 0. The van der Waals surface area contributed by atoms with Gasteiger partial charge in [0.05, 0.1) is 6.54 Å². The molecule has 0 aliphatic carbocycles. The van der Waals surface area contributed by atoms with Crippen LogP contribution in [-0.2, 0) is 15.0 Å². The zero-order valence-corrected chi connectivity index (χ0v) is 11.3. The van der Waals surface area contributed by atoms with E-state index in [4.69, 9.17) is 0 Å². The second-order valence-corrected chi connectivity index (χ2v) is 6.00. The van der Waals surface area contributed by atoms with Crippen LogP contribution in [0.3, 0.4) is 0 Å². The molecule has 1 heterocycles. The van der Waals surface area contributed by atoms with Gasteiger partial charge in [0.2, 0.25) is 5.91 Å². The molecule has 7 heteroatoms. The van der Waals surface area contributed by atoms with Crippen LogP contribution < -0.4 is 5.32 Å². The van der Waals surface area contributed by atoms with E-state index in [0.717, 1.165) is 19.3 Å². The molecule has 1 fully saturated rings. The molecule has 17 heavy (non-hydrogen) atoms. The Morgan fingerprint density at radius 3 is 2.35 bits per heavy atom. The van der Waals surface area contributed by atoms with Crippen LogP contribution in [0.2, 0.25) is 0 Å². The second kappa shape index (κ2) is 6.32. The molecule has 0 aromatic rings. The van der Waals surface area contributed by atoms with Crippen molar-refractivity contribution in [3.8, 4) is 0 Å². The first-order valence-electron chi connectivity index (χ1n) is 5.98. The van der Waals surface area contributed by atoms with Crippen LogP contribution in [0.1, 0.15) is 26.2 Å². The van der Waals surface area contributed by atoms with Crippen molar-refractivity contribution in [2.24, 2.45) is 0 Å². The highest BCUT2D eigenvalue weighted by molar-refractivity contribution is 7.86. The first-order valence-corrected chi connectivity index (χ1v) is 7.38. The molecule has 1 amide bonds. The van der Waals surface area contributed by atoms with Gasteiger partial charge in [-0.25, -0.2) is 0 Å². The zero-order valence-electron chi connectivity index (χ0n) is 10.5. The number of amides is 1. The van der Waals surface area contributed by atoms with Gasteiger partial charge in [0.25, 0.3) is 10.2 Å². The fourth-order valence-corrected chi connectivity index (χ4v) is 3.51. The molecule has 0 spiro atoms. The maximum atomic E-state index is 12.2. The number of nitrogens with zero attached hydrogens (tertiary/aromatic N) is 2. The van der Waals surface area contributed by atoms with E-state index in [0.29, 0.717) is 19.6 Å². The summed E-state index contributed by atoms with van der Waals surface area (Å²) in [4.78, 5) is 11.3. The lowest BCUT2D eigenvalue weighted by atomic mass is 10.2. The number of hydrogen-bond donors (Lipinski definition) is 1. The highest BCUT2D eigenvalue weighted by atomic mass is 32.2. The van der Waals surface area contributed by atoms with Gasteiger partial charge < -0.3 is 5.32 Å². The summed E-state index contributed by atoms with van der Waals surface area (Å²) >= 11 is 0. The SMILES string of the molecule is CCN(CC(=O)NC)S(=O)(=O)N1CCCCC1. The highest BCUT2D eigenvalue weighted by Crippen LogP contribution is 2.16. The van der Waals surface area contributed by atoms with Crippen LogP contribution in [0.5, 0.6) is 0 Å². The topological polar surface area (TPSA) is 69.7 Å². The molecule has 1 N–H and O–H groups in total. The van der Waals surface area contributed by atoms with Crippen molar-refractivity contribution in [2.75, 3.05) is 33.2 Å². The van der Waals surface area contributed by atoms with Gasteiger partial charge in [-0.3, -0.25) is 4.79 Å². The van der Waals surface area contributed by atoms with Gasteiger partial charge in [0, 0.05) is 26.7 Å². The zero-order chi connectivity index (χ0) is 12.9. The number of nitrogens with one attached hydrogen (secondary N) is 1. The third-order valence-corrected chi connectivity index (χ3v) is 4.98. The van der Waals surface area contributed by atoms with E-state index in [9.17, 15) is 13.2 Å². The summed E-state index contributed by atoms with van der Waals surface area (Å²) < 4.78 is 27.2. The fourth-order valence-electron chi connectivity index (χ4n) is 1.85. The van der Waals surface area contributed by atoms with Crippen LogP contribution in [-0.4, -0.2) is 56.2 Å². The number of carbonyl (C=O) groups is 1. The summed E-state index contributed by atoms with van der Waals surface area (Å²) in [6.07, 6.45) is 2.88. The number of rotatable bonds is 5. The summed E-state index contributed by atoms with van der Waals surface area (Å²) in [5.74, 6) is -0.285. The Morgan fingerprint density at radius 2 is 1.88 bits per heavy atom. The van der Waals surface area contributed by atoms with E-state index in [1.165, 1.54) is 15.7 Å². The molecule has 0 radical (unpaired) electrons. The van der Waals surface area contributed by atoms with Crippen molar-refractivity contribution < 1.29 is 13.2 Å². The molecule has 1 aliphatic heterocycles. The van der Waals surface area contributed by atoms with Gasteiger partial charge >= 0.3 is 0 Å². The molecule has 6 nitrogen and oxygen atoms in total. The smallest absolute Gasteiger partial charge is 0.282 e. The van der Waals surface area contributed by atoms with E-state index in [-0.39, 0.29) is 12.5 Å². The van der Waals surface area contributed by atoms with Crippen LogP contribution in [0.25, 0.3) is 0 Å². The van der Waals surface area contributed by atoms with Crippen LogP contribution in [0.4, 0.5) is 0 Å². The van der Waals surface area contributed by atoms with Crippen molar-refractivity contribution in [1.82, 2.24) is 13.9 Å². The Hall–Kier alpha value is -0.660. The van der Waals surface area contributed by atoms with E-state index < -0.39 is 10.2 Å². The Kier molecular flexibility index (Phi) is 5.35. The van der Waals surface area contributed by atoms with Crippen molar-refractivity contribution in [3.63, 3.8) is 0 Å². The third kappa shape index (κ3) is 3.65. The summed E-state index contributed by atoms with van der Waals surface area (Å²) in [7, 11) is -1.97. The minimum Gasteiger partial charge on any atom is -0.358 e. The number of likely N-dealkylation sites (N-methyl/N-ethyl adjacent to an activating group) is 2. The predicted octanol–water partition coefficient (Wildman–Crippen LogP) is -0.215. The lowest BCUT2D eigenvalue weighted by Crippen LogP contribution is -2.48. The Balaban J connectivity index is 2.74. The normalized spacial score (nSPS) is 18.3. The highest BCUT2D eigenvalue weighted by Gasteiger charge is 2.30. The second-order valence-electron chi connectivity index (χ2n) is 4.07. The van der Waals surface area contributed by atoms with E-state index in [1.807, 2.05) is 0 Å². The lowest BCUT2D eigenvalue weighted by molar-refractivity contribution is -0.120. The van der Waals surface area contributed by atoms with Gasteiger partial charge in [-0.1, -0.05) is 13.3 Å². The van der Waals surface area contributed by atoms with Gasteiger partial charge in [-0.15, -0.1) is 0 Å². The van der Waals surface area contributed by atoms with Gasteiger partial charge in [0.15, 0.2) is 0 Å². The average molecular weight is 263 g/mol. The molecular weight excluding hydrogens is 242 g/mol. The van der Waals surface area contributed by atoms with Crippen LogP contribution in [0, 0.1) is 0 Å². The molecular formula is C10H21N3O3S. The maximum absolute atomic E-state index is 12.2. The number of piperidine rings is 1. The number of hydrogen-bond acceptors (Lipinski definition) is 3. The Labute approximate surface area is 103 Å². The Morgan fingerprint density at radius 1 is 1.29 bits per heavy atom. The third-order valence-electron chi connectivity index (χ3n) is 2.92. The molecule has 0 aromatic heterocycles. The summed E-state index contributed by atoms with van der Waals surface area (Å²) in [6.45, 7) is 3.07. The van der Waals surface area contributed by atoms with Crippen molar-refractivity contribution in [1.29, 1.82) is 0 Å². The molecule has 0 unspecified atom stereocenters. The van der Waals surface area contributed by atoms with E-state index >= 15 is 0 Å². The largest absolute Gasteiger partial charge is 0.358 e. The molecule has 0 bridgehead atoms. The van der Waals surface area contributed by atoms with Crippen molar-refractivity contribution in [2.45, 2.75) is 26.2 Å². The minimum atomic E-state index is -3.47. The van der Waals surface area contributed by atoms with E-state index in [1.54, 1.807) is 6.92 Å². The predicted molar refractivity (Wildman–Crippen MR) is 65.7 cm³/mol. The molecule has 1 rings (SSSR count). The van der Waals surface area contributed by atoms with Gasteiger partial charge in [0.1, 0.15) is 0 Å². The van der Waals surface area contributed by atoms with E-state index in [2.05, 4.69) is 5.32 Å². The van der Waals surface area contributed by atoms with Crippen LogP contribution >= 0.6 is 0 Å². The van der Waals surface area contributed by atoms with Gasteiger partial charge in [-0.2, -0.15) is 17.0 Å². The molecule has 0 atom stereocenters. The first kappa shape index (κ1) is 14.4. The van der Waals surface area contributed by atoms with Crippen molar-refractivity contribution >= 4 is 16.1 Å². The average Bonchev–Trinajstić information content (AvgIpc) is 2.36. The minimum absolute atomic E-state index is 0.105. The van der Waals surface area contributed by atoms with Crippen LogP contribution in [0.15, 0.2) is 0 Å². The quantitative estimate of drug-likeness (QED) is 0.746. The van der Waals surface area contributed by atoms with Gasteiger partial charge in [-0.05, 0) is 12.8 Å². The summed E-state index contributed by atoms with van der Waals surface area (Å²) in [6, 6.07) is 0. The van der Waals surface area contributed by atoms with Crippen molar-refractivity contribution in [3.05, 3.63) is 0 Å². The number of carbonyl (C=O) groups excluding carboxylic acids is 1. The molecule has 1 aliphatic rings. The molecule has 1 saturated heterocycles. The molecule has 100 valence electrons. The standard InChI is InChI=1S/C10H21N3O3S/c1-3-12(9-10(14)11-2)17(15,16)13-7-5-4-6-8-13/h3-9H2,1-2H3,(H,11,14). The molecule has 0 aromatic carbocycles.